The van der Waals surface area contributed by atoms with Crippen LogP contribution in [-0.4, -0.2) is 19.2 Å². The molecular formula is C18H23NO. The summed E-state index contributed by atoms with van der Waals surface area (Å²) in [6.07, 6.45) is 1.14. The van der Waals surface area contributed by atoms with Crippen LogP contribution in [0.25, 0.3) is 11.1 Å². The highest BCUT2D eigenvalue weighted by atomic mass is 16.5. The summed E-state index contributed by atoms with van der Waals surface area (Å²) in [6.45, 7) is 5.94. The quantitative estimate of drug-likeness (QED) is 0.763. The molecular weight excluding hydrogens is 246 g/mol. The molecule has 106 valence electrons. The predicted molar refractivity (Wildman–Crippen MR) is 85.1 cm³/mol. The van der Waals surface area contributed by atoms with E-state index >= 15 is 0 Å². The number of ether oxygens (including phenoxy) is 1. The minimum atomic E-state index is 0.544. The van der Waals surface area contributed by atoms with Crippen LogP contribution in [0.15, 0.2) is 54.6 Å². The van der Waals surface area contributed by atoms with Gasteiger partial charge in [0.15, 0.2) is 0 Å². The van der Waals surface area contributed by atoms with E-state index in [2.05, 4.69) is 49.5 Å². The molecule has 0 aromatic heterocycles. The lowest BCUT2D eigenvalue weighted by Gasteiger charge is -2.14. The van der Waals surface area contributed by atoms with Crippen molar-refractivity contribution in [1.29, 1.82) is 0 Å². The summed E-state index contributed by atoms with van der Waals surface area (Å²) in [5.41, 5.74) is 2.34. The van der Waals surface area contributed by atoms with Gasteiger partial charge in [-0.2, -0.15) is 0 Å². The largest absolute Gasteiger partial charge is 0.492 e. The van der Waals surface area contributed by atoms with Crippen LogP contribution in [-0.2, 0) is 0 Å². The van der Waals surface area contributed by atoms with E-state index in [4.69, 9.17) is 4.74 Å². The summed E-state index contributed by atoms with van der Waals surface area (Å²) in [4.78, 5) is 0. The van der Waals surface area contributed by atoms with E-state index in [9.17, 15) is 0 Å². The van der Waals surface area contributed by atoms with Gasteiger partial charge in [0.2, 0.25) is 0 Å². The van der Waals surface area contributed by atoms with Crippen LogP contribution in [0.5, 0.6) is 5.75 Å². The van der Waals surface area contributed by atoms with E-state index in [0.29, 0.717) is 12.6 Å². The first kappa shape index (κ1) is 14.6. The molecule has 0 aliphatic rings. The van der Waals surface area contributed by atoms with Gasteiger partial charge in [0.25, 0.3) is 0 Å². The van der Waals surface area contributed by atoms with Crippen molar-refractivity contribution in [3.63, 3.8) is 0 Å². The van der Waals surface area contributed by atoms with Crippen LogP contribution < -0.4 is 10.1 Å². The molecule has 2 aromatic carbocycles. The lowest BCUT2D eigenvalue weighted by atomic mass is 10.1. The maximum atomic E-state index is 5.92. The molecule has 2 aromatic rings. The summed E-state index contributed by atoms with van der Waals surface area (Å²) in [6, 6.07) is 19.1. The van der Waals surface area contributed by atoms with Gasteiger partial charge < -0.3 is 10.1 Å². The summed E-state index contributed by atoms with van der Waals surface area (Å²) in [5, 5.41) is 3.44. The second-order valence-electron chi connectivity index (χ2n) is 4.97. The highest BCUT2D eigenvalue weighted by Gasteiger charge is 2.05. The van der Waals surface area contributed by atoms with Gasteiger partial charge in [0.05, 0.1) is 0 Å². The zero-order valence-corrected chi connectivity index (χ0v) is 12.3. The standard InChI is InChI=1S/C18H23NO/c1-3-15(2)19-13-14-20-18-12-8-7-11-17(18)16-9-5-4-6-10-16/h4-12,15,19H,3,13-14H2,1-2H3/t15-/m1/s1. The summed E-state index contributed by atoms with van der Waals surface area (Å²) in [7, 11) is 0. The number of benzene rings is 2. The third-order valence-corrected chi connectivity index (χ3v) is 3.44. The van der Waals surface area contributed by atoms with Gasteiger partial charge >= 0.3 is 0 Å². The normalized spacial score (nSPS) is 12.1. The first-order valence-electron chi connectivity index (χ1n) is 7.32. The highest BCUT2D eigenvalue weighted by molar-refractivity contribution is 5.70. The summed E-state index contributed by atoms with van der Waals surface area (Å²) < 4.78 is 5.92. The van der Waals surface area contributed by atoms with Gasteiger partial charge in [-0.15, -0.1) is 0 Å². The monoisotopic (exact) mass is 269 g/mol. The lowest BCUT2D eigenvalue weighted by molar-refractivity contribution is 0.307. The Bertz CT molecular complexity index is 510. The Morgan fingerprint density at radius 1 is 1.00 bits per heavy atom. The molecule has 0 bridgehead atoms. The van der Waals surface area contributed by atoms with Gasteiger partial charge in [-0.05, 0) is 25.0 Å². The molecule has 0 saturated heterocycles. The zero-order valence-electron chi connectivity index (χ0n) is 12.3. The average molecular weight is 269 g/mol. The van der Waals surface area contributed by atoms with Gasteiger partial charge in [-0.25, -0.2) is 0 Å². The third kappa shape index (κ3) is 4.10. The molecule has 0 unspecified atom stereocenters. The van der Waals surface area contributed by atoms with Crippen LogP contribution in [0, 0.1) is 0 Å². The Hall–Kier alpha value is -1.80. The van der Waals surface area contributed by atoms with Gasteiger partial charge in [0, 0.05) is 18.2 Å². The smallest absolute Gasteiger partial charge is 0.127 e. The molecule has 0 fully saturated rings. The second kappa shape index (κ2) is 7.71. The van der Waals surface area contributed by atoms with Crippen molar-refractivity contribution < 1.29 is 4.74 Å². The van der Waals surface area contributed by atoms with Crippen LogP contribution in [0.2, 0.25) is 0 Å². The molecule has 20 heavy (non-hydrogen) atoms. The summed E-state index contributed by atoms with van der Waals surface area (Å²) in [5.74, 6) is 0.949. The molecule has 1 atom stereocenters. The molecule has 0 radical (unpaired) electrons. The Labute approximate surface area is 121 Å². The van der Waals surface area contributed by atoms with E-state index < -0.39 is 0 Å². The number of para-hydroxylation sites is 1. The van der Waals surface area contributed by atoms with Crippen molar-refractivity contribution in [2.45, 2.75) is 26.3 Å². The zero-order chi connectivity index (χ0) is 14.2. The molecule has 0 saturated carbocycles. The van der Waals surface area contributed by atoms with Crippen molar-refractivity contribution >= 4 is 0 Å². The van der Waals surface area contributed by atoms with Crippen molar-refractivity contribution in [2.24, 2.45) is 0 Å². The van der Waals surface area contributed by atoms with Crippen molar-refractivity contribution in [3.05, 3.63) is 54.6 Å². The van der Waals surface area contributed by atoms with Crippen LogP contribution in [0.3, 0.4) is 0 Å². The fraction of sp³-hybridized carbons (Fsp3) is 0.333. The summed E-state index contributed by atoms with van der Waals surface area (Å²) >= 11 is 0. The average Bonchev–Trinajstić information content (AvgIpc) is 2.52. The van der Waals surface area contributed by atoms with Gasteiger partial charge in [-0.3, -0.25) is 0 Å². The Morgan fingerprint density at radius 3 is 2.45 bits per heavy atom. The van der Waals surface area contributed by atoms with E-state index in [-0.39, 0.29) is 0 Å². The first-order valence-corrected chi connectivity index (χ1v) is 7.32. The SMILES string of the molecule is CC[C@@H](C)NCCOc1ccccc1-c1ccccc1. The second-order valence-corrected chi connectivity index (χ2v) is 4.97. The molecule has 2 nitrogen and oxygen atoms in total. The molecule has 0 amide bonds. The molecule has 0 heterocycles. The molecule has 2 heteroatoms. The minimum absolute atomic E-state index is 0.544. The van der Waals surface area contributed by atoms with Crippen LogP contribution >= 0.6 is 0 Å². The molecule has 0 spiro atoms. The lowest BCUT2D eigenvalue weighted by Crippen LogP contribution is -2.29. The fourth-order valence-electron chi connectivity index (χ4n) is 2.06. The minimum Gasteiger partial charge on any atom is -0.492 e. The van der Waals surface area contributed by atoms with Gasteiger partial charge in [0.1, 0.15) is 12.4 Å². The Morgan fingerprint density at radius 2 is 1.70 bits per heavy atom. The Kier molecular flexibility index (Phi) is 5.63. The van der Waals surface area contributed by atoms with Crippen molar-refractivity contribution in [1.82, 2.24) is 5.32 Å². The van der Waals surface area contributed by atoms with Crippen molar-refractivity contribution in [3.8, 4) is 16.9 Å². The number of rotatable bonds is 7. The molecule has 0 aliphatic heterocycles. The van der Waals surface area contributed by atoms with Crippen LogP contribution in [0.4, 0.5) is 0 Å². The van der Waals surface area contributed by atoms with Crippen LogP contribution in [0.1, 0.15) is 20.3 Å². The molecule has 2 rings (SSSR count). The maximum Gasteiger partial charge on any atom is 0.127 e. The Balaban J connectivity index is 1.99. The topological polar surface area (TPSA) is 21.3 Å². The van der Waals surface area contributed by atoms with E-state index in [1.165, 1.54) is 5.56 Å². The predicted octanol–water partition coefficient (Wildman–Crippen LogP) is 4.12. The van der Waals surface area contributed by atoms with Gasteiger partial charge in [-0.1, -0.05) is 55.5 Å². The first-order chi connectivity index (χ1) is 9.81. The number of nitrogens with one attached hydrogen (secondary N) is 1. The van der Waals surface area contributed by atoms with E-state index in [0.717, 1.165) is 24.3 Å². The van der Waals surface area contributed by atoms with E-state index in [1.54, 1.807) is 0 Å². The number of hydrogen-bond acceptors (Lipinski definition) is 2. The highest BCUT2D eigenvalue weighted by Crippen LogP contribution is 2.29. The molecule has 0 aliphatic carbocycles. The van der Waals surface area contributed by atoms with Crippen molar-refractivity contribution in [2.75, 3.05) is 13.2 Å². The maximum absolute atomic E-state index is 5.92. The van der Waals surface area contributed by atoms with E-state index in [1.807, 2.05) is 24.3 Å². The molecule has 1 N–H and O–H groups in total. The number of hydrogen-bond donors (Lipinski definition) is 1. The fourth-order valence-corrected chi connectivity index (χ4v) is 2.06. The third-order valence-electron chi connectivity index (χ3n) is 3.44.